The van der Waals surface area contributed by atoms with Crippen LogP contribution in [0.1, 0.15) is 17.5 Å². The summed E-state index contributed by atoms with van der Waals surface area (Å²) in [6.45, 7) is 0.576. The quantitative estimate of drug-likeness (QED) is 0.787. The Labute approximate surface area is 129 Å². The van der Waals surface area contributed by atoms with Gasteiger partial charge in [-0.1, -0.05) is 48.0 Å². The number of hydrogen-bond acceptors (Lipinski definition) is 2. The lowest BCUT2D eigenvalue weighted by molar-refractivity contribution is -0.136. The first-order valence-corrected chi connectivity index (χ1v) is 7.20. The van der Waals surface area contributed by atoms with Gasteiger partial charge in [0.2, 0.25) is 0 Å². The van der Waals surface area contributed by atoms with Crippen LogP contribution in [-0.4, -0.2) is 17.7 Å². The van der Waals surface area contributed by atoms with E-state index in [-0.39, 0.29) is 6.42 Å². The maximum Gasteiger partial charge on any atom is 0.307 e. The molecule has 0 saturated heterocycles. The molecule has 0 aliphatic carbocycles. The molecule has 4 heteroatoms. The predicted molar refractivity (Wildman–Crippen MR) is 83.0 cm³/mol. The maximum atomic E-state index is 10.6. The molecule has 110 valence electrons. The van der Waals surface area contributed by atoms with Gasteiger partial charge in [-0.25, -0.2) is 0 Å². The largest absolute Gasteiger partial charge is 0.492 e. The molecule has 2 aromatic rings. The van der Waals surface area contributed by atoms with Crippen LogP contribution in [0.5, 0.6) is 5.75 Å². The zero-order chi connectivity index (χ0) is 15.1. The maximum absolute atomic E-state index is 10.6. The summed E-state index contributed by atoms with van der Waals surface area (Å²) in [7, 11) is 0. The first-order chi connectivity index (χ1) is 10.1. The van der Waals surface area contributed by atoms with E-state index < -0.39 is 5.97 Å². The number of benzene rings is 2. The average molecular weight is 305 g/mol. The number of carboxylic acids is 1. The Balaban J connectivity index is 1.82. The molecule has 0 bridgehead atoms. The van der Waals surface area contributed by atoms with Crippen molar-refractivity contribution in [1.82, 2.24) is 0 Å². The second-order valence-corrected chi connectivity index (χ2v) is 5.18. The summed E-state index contributed by atoms with van der Waals surface area (Å²) in [5.41, 5.74) is 1.95. The lowest BCUT2D eigenvalue weighted by atomic mass is 10.1. The Hall–Kier alpha value is -2.00. The van der Waals surface area contributed by atoms with Gasteiger partial charge < -0.3 is 9.84 Å². The zero-order valence-corrected chi connectivity index (χ0v) is 12.3. The van der Waals surface area contributed by atoms with E-state index in [1.807, 2.05) is 18.2 Å². The van der Waals surface area contributed by atoms with Crippen LogP contribution >= 0.6 is 11.6 Å². The molecular formula is C17H17ClO3. The molecule has 2 rings (SSSR count). The first kappa shape index (κ1) is 15.4. The van der Waals surface area contributed by atoms with Gasteiger partial charge in [-0.05, 0) is 36.1 Å². The topological polar surface area (TPSA) is 46.5 Å². The van der Waals surface area contributed by atoms with Crippen LogP contribution in [0.4, 0.5) is 0 Å². The molecule has 0 aromatic heterocycles. The van der Waals surface area contributed by atoms with E-state index in [1.54, 1.807) is 18.2 Å². The fourth-order valence-electron chi connectivity index (χ4n) is 2.05. The van der Waals surface area contributed by atoms with Crippen LogP contribution in [0.25, 0.3) is 0 Å². The van der Waals surface area contributed by atoms with Crippen LogP contribution in [0.2, 0.25) is 5.02 Å². The molecule has 0 spiro atoms. The van der Waals surface area contributed by atoms with Gasteiger partial charge in [-0.2, -0.15) is 0 Å². The highest BCUT2D eigenvalue weighted by Gasteiger charge is 2.06. The smallest absolute Gasteiger partial charge is 0.307 e. The molecule has 21 heavy (non-hydrogen) atoms. The van der Waals surface area contributed by atoms with Crippen molar-refractivity contribution >= 4 is 17.6 Å². The Kier molecular flexibility index (Phi) is 5.64. The summed E-state index contributed by atoms with van der Waals surface area (Å²) in [6.07, 6.45) is 1.82. The van der Waals surface area contributed by atoms with Gasteiger partial charge in [0, 0.05) is 0 Å². The molecule has 0 heterocycles. The van der Waals surface area contributed by atoms with Crippen LogP contribution in [0, 0.1) is 0 Å². The van der Waals surface area contributed by atoms with Crippen molar-refractivity contribution in [2.75, 3.05) is 6.61 Å². The zero-order valence-electron chi connectivity index (χ0n) is 11.6. The molecule has 0 atom stereocenters. The van der Waals surface area contributed by atoms with Gasteiger partial charge in [0.1, 0.15) is 5.75 Å². The number of rotatable bonds is 7. The number of ether oxygens (including phenoxy) is 1. The summed E-state index contributed by atoms with van der Waals surface area (Å²) in [4.78, 5) is 10.6. The van der Waals surface area contributed by atoms with Crippen LogP contribution in [0.3, 0.4) is 0 Å². The number of carbonyl (C=O) groups is 1. The first-order valence-electron chi connectivity index (χ1n) is 6.82. The van der Waals surface area contributed by atoms with Gasteiger partial charge in [-0.3, -0.25) is 4.79 Å². The summed E-state index contributed by atoms with van der Waals surface area (Å²) < 4.78 is 5.64. The summed E-state index contributed by atoms with van der Waals surface area (Å²) in [5.74, 6) is -0.276. The molecule has 2 aromatic carbocycles. The standard InChI is InChI=1S/C17H17ClO3/c18-15-11-14(12-17(19)20)8-9-16(15)21-10-4-7-13-5-2-1-3-6-13/h1-3,5-6,8-9,11H,4,7,10,12H2,(H,19,20). The number of aliphatic carboxylic acids is 1. The number of aryl methyl sites for hydroxylation is 1. The third kappa shape index (κ3) is 5.12. The summed E-state index contributed by atoms with van der Waals surface area (Å²) in [5, 5.41) is 9.19. The fraction of sp³-hybridized carbons (Fsp3) is 0.235. The highest BCUT2D eigenvalue weighted by molar-refractivity contribution is 6.32. The van der Waals surface area contributed by atoms with Crippen LogP contribution in [-0.2, 0) is 17.6 Å². The van der Waals surface area contributed by atoms with E-state index in [1.165, 1.54) is 5.56 Å². The average Bonchev–Trinajstić information content (AvgIpc) is 2.46. The van der Waals surface area contributed by atoms with E-state index in [0.717, 1.165) is 12.8 Å². The lowest BCUT2D eigenvalue weighted by Crippen LogP contribution is -2.02. The molecule has 0 saturated carbocycles. The minimum atomic E-state index is -0.873. The predicted octanol–water partition coefficient (Wildman–Crippen LogP) is 3.98. The van der Waals surface area contributed by atoms with Gasteiger partial charge in [-0.15, -0.1) is 0 Å². The molecule has 0 amide bonds. The summed E-state index contributed by atoms with van der Waals surface area (Å²) >= 11 is 6.09. The van der Waals surface area contributed by atoms with Gasteiger partial charge in [0.25, 0.3) is 0 Å². The molecule has 1 N–H and O–H groups in total. The second-order valence-electron chi connectivity index (χ2n) is 4.77. The van der Waals surface area contributed by atoms with Crippen molar-refractivity contribution in [3.05, 3.63) is 64.7 Å². The van der Waals surface area contributed by atoms with Crippen LogP contribution in [0.15, 0.2) is 48.5 Å². The monoisotopic (exact) mass is 304 g/mol. The molecule has 0 unspecified atom stereocenters. The van der Waals surface area contributed by atoms with Crippen molar-refractivity contribution in [3.8, 4) is 5.75 Å². The normalized spacial score (nSPS) is 10.3. The van der Waals surface area contributed by atoms with Gasteiger partial charge >= 0.3 is 5.97 Å². The SMILES string of the molecule is O=C(O)Cc1ccc(OCCCc2ccccc2)c(Cl)c1. The Bertz CT molecular complexity index is 596. The Morgan fingerprint density at radius 2 is 1.86 bits per heavy atom. The fourth-order valence-corrected chi connectivity index (χ4v) is 2.31. The van der Waals surface area contributed by atoms with Crippen molar-refractivity contribution < 1.29 is 14.6 Å². The number of hydrogen-bond donors (Lipinski definition) is 1. The molecular weight excluding hydrogens is 288 g/mol. The van der Waals surface area contributed by atoms with Gasteiger partial charge in [0.05, 0.1) is 18.1 Å². The van der Waals surface area contributed by atoms with E-state index in [9.17, 15) is 4.79 Å². The van der Waals surface area contributed by atoms with Crippen molar-refractivity contribution in [2.24, 2.45) is 0 Å². The molecule has 0 radical (unpaired) electrons. The minimum absolute atomic E-state index is 0.0337. The molecule has 0 fully saturated rings. The van der Waals surface area contributed by atoms with E-state index in [0.29, 0.717) is 22.9 Å². The Morgan fingerprint density at radius 1 is 1.10 bits per heavy atom. The van der Waals surface area contributed by atoms with Crippen LogP contribution < -0.4 is 4.74 Å². The molecule has 0 aliphatic rings. The third-order valence-corrected chi connectivity index (χ3v) is 3.36. The lowest BCUT2D eigenvalue weighted by Gasteiger charge is -2.09. The highest BCUT2D eigenvalue weighted by atomic mass is 35.5. The third-order valence-electron chi connectivity index (χ3n) is 3.06. The van der Waals surface area contributed by atoms with Gasteiger partial charge in [0.15, 0.2) is 0 Å². The van der Waals surface area contributed by atoms with Crippen molar-refractivity contribution in [1.29, 1.82) is 0 Å². The Morgan fingerprint density at radius 3 is 2.52 bits per heavy atom. The van der Waals surface area contributed by atoms with E-state index >= 15 is 0 Å². The van der Waals surface area contributed by atoms with E-state index in [4.69, 9.17) is 21.4 Å². The highest BCUT2D eigenvalue weighted by Crippen LogP contribution is 2.26. The number of carboxylic acid groups (broad SMARTS) is 1. The van der Waals surface area contributed by atoms with Crippen molar-refractivity contribution in [2.45, 2.75) is 19.3 Å². The minimum Gasteiger partial charge on any atom is -0.492 e. The molecule has 0 aliphatic heterocycles. The number of halogens is 1. The summed E-state index contributed by atoms with van der Waals surface area (Å²) in [6, 6.07) is 15.3. The second kappa shape index (κ2) is 7.70. The van der Waals surface area contributed by atoms with Crippen molar-refractivity contribution in [3.63, 3.8) is 0 Å². The van der Waals surface area contributed by atoms with E-state index in [2.05, 4.69) is 12.1 Å². The molecule has 3 nitrogen and oxygen atoms in total.